The van der Waals surface area contributed by atoms with Gasteiger partial charge in [0.25, 0.3) is 5.91 Å². The summed E-state index contributed by atoms with van der Waals surface area (Å²) in [5, 5.41) is 2.86. The highest BCUT2D eigenvalue weighted by atomic mass is 19.1. The largest absolute Gasteiger partial charge is 0.383 e. The van der Waals surface area contributed by atoms with E-state index in [1.165, 1.54) is 18.2 Å². The van der Waals surface area contributed by atoms with E-state index in [0.29, 0.717) is 24.4 Å². The highest BCUT2D eigenvalue weighted by Crippen LogP contribution is 2.17. The van der Waals surface area contributed by atoms with Crippen LogP contribution >= 0.6 is 0 Å². The van der Waals surface area contributed by atoms with Crippen molar-refractivity contribution in [1.29, 1.82) is 0 Å². The number of benzene rings is 1. The van der Waals surface area contributed by atoms with Crippen molar-refractivity contribution in [2.75, 3.05) is 46.6 Å². The van der Waals surface area contributed by atoms with E-state index in [1.807, 2.05) is 24.5 Å². The van der Waals surface area contributed by atoms with Crippen LogP contribution in [0.4, 0.5) is 4.39 Å². The lowest BCUT2D eigenvalue weighted by atomic mass is 10.0. The third-order valence-electron chi connectivity index (χ3n) is 5.87. The Labute approximate surface area is 194 Å². The van der Waals surface area contributed by atoms with E-state index in [1.54, 1.807) is 13.2 Å². The van der Waals surface area contributed by atoms with Crippen LogP contribution in [0.15, 0.2) is 35.1 Å². The molecular formula is C25H34FN3O4. The molecule has 0 unspecified atom stereocenters. The maximum atomic E-state index is 13.9. The maximum absolute atomic E-state index is 13.9. The molecule has 180 valence electrons. The van der Waals surface area contributed by atoms with E-state index in [2.05, 4.69) is 10.2 Å². The molecule has 7 nitrogen and oxygen atoms in total. The van der Waals surface area contributed by atoms with Crippen LogP contribution in [0.2, 0.25) is 0 Å². The fourth-order valence-corrected chi connectivity index (χ4v) is 4.27. The third kappa shape index (κ3) is 6.96. The minimum absolute atomic E-state index is 0.110. The first kappa shape index (κ1) is 25.1. The van der Waals surface area contributed by atoms with Gasteiger partial charge in [-0.1, -0.05) is 12.1 Å². The zero-order chi connectivity index (χ0) is 23.8. The Bertz CT molecular complexity index is 1000. The molecule has 2 heterocycles. The molecule has 2 aromatic rings. The number of hydrogen-bond donors (Lipinski definition) is 1. The fourth-order valence-electron chi connectivity index (χ4n) is 4.27. The molecule has 1 aliphatic rings. The Kier molecular flexibility index (Phi) is 9.17. The normalized spacial score (nSPS) is 15.4. The molecule has 8 heteroatoms. The molecule has 0 spiro atoms. The molecule has 33 heavy (non-hydrogen) atoms. The number of nitrogens with one attached hydrogen (secondary N) is 1. The molecule has 1 N–H and O–H groups in total. The molecule has 1 aromatic carbocycles. The second-order valence-electron chi connectivity index (χ2n) is 8.57. The predicted octanol–water partition coefficient (Wildman–Crippen LogP) is 2.37. The summed E-state index contributed by atoms with van der Waals surface area (Å²) in [5.74, 6) is -0.779. The maximum Gasteiger partial charge on any atom is 0.257 e. The monoisotopic (exact) mass is 459 g/mol. The second-order valence-corrected chi connectivity index (χ2v) is 8.57. The molecule has 1 saturated heterocycles. The number of ether oxygens (including phenoxy) is 2. The molecule has 1 aromatic heterocycles. The van der Waals surface area contributed by atoms with Crippen molar-refractivity contribution in [2.45, 2.75) is 39.3 Å². The number of pyridine rings is 1. The van der Waals surface area contributed by atoms with E-state index in [0.717, 1.165) is 45.0 Å². The number of rotatable bonds is 10. The first-order valence-electron chi connectivity index (χ1n) is 11.5. The van der Waals surface area contributed by atoms with Crippen LogP contribution in [0.1, 0.15) is 40.7 Å². The van der Waals surface area contributed by atoms with Crippen LogP contribution in [0.5, 0.6) is 0 Å². The number of halogens is 1. The van der Waals surface area contributed by atoms with Crippen LogP contribution in [0.3, 0.4) is 0 Å². The summed E-state index contributed by atoms with van der Waals surface area (Å²) in [6, 6.07) is 7.54. The van der Waals surface area contributed by atoms with Crippen molar-refractivity contribution >= 4 is 5.91 Å². The van der Waals surface area contributed by atoms with Crippen LogP contribution < -0.4 is 10.7 Å². The number of nitrogens with zero attached hydrogens (tertiary/aromatic N) is 2. The molecule has 0 saturated carbocycles. The van der Waals surface area contributed by atoms with Crippen LogP contribution in [-0.4, -0.2) is 68.0 Å². The van der Waals surface area contributed by atoms with Crippen molar-refractivity contribution in [1.82, 2.24) is 14.8 Å². The van der Waals surface area contributed by atoms with Crippen molar-refractivity contribution in [3.63, 3.8) is 0 Å². The number of carbonyl (C=O) groups is 1. The van der Waals surface area contributed by atoms with Gasteiger partial charge in [-0.3, -0.25) is 14.5 Å². The van der Waals surface area contributed by atoms with E-state index in [4.69, 9.17) is 9.47 Å². The average molecular weight is 460 g/mol. The van der Waals surface area contributed by atoms with Gasteiger partial charge in [0.05, 0.1) is 19.8 Å². The van der Waals surface area contributed by atoms with Gasteiger partial charge in [0, 0.05) is 63.2 Å². The van der Waals surface area contributed by atoms with Crippen LogP contribution in [0.25, 0.3) is 0 Å². The summed E-state index contributed by atoms with van der Waals surface area (Å²) in [6.07, 6.45) is 1.15. The zero-order valence-corrected chi connectivity index (χ0v) is 19.7. The molecule has 1 amide bonds. The van der Waals surface area contributed by atoms with Crippen molar-refractivity contribution < 1.29 is 18.7 Å². The average Bonchev–Trinajstić information content (AvgIpc) is 2.76. The van der Waals surface area contributed by atoms with Crippen LogP contribution in [-0.2, 0) is 22.4 Å². The molecule has 0 bridgehead atoms. The minimum atomic E-state index is -0.433. The molecule has 0 radical (unpaired) electrons. The molecule has 3 rings (SSSR count). The van der Waals surface area contributed by atoms with Crippen molar-refractivity contribution in [3.8, 4) is 0 Å². The summed E-state index contributed by atoms with van der Waals surface area (Å²) in [7, 11) is 1.56. The lowest BCUT2D eigenvalue weighted by molar-refractivity contribution is 0.0369. The standard InChI is InChI=1S/C25H34FN3O4/c1-18(17-32-3)27-25(31)24-22(16-20-6-4-7-21(26)15-20)29(19(2)14-23(24)30)9-5-8-28-10-12-33-13-11-28/h4,6-7,14-15,18H,5,8-13,16-17H2,1-3H3,(H,27,31)/t18-/m0/s1. The number of aryl methyl sites for hydroxylation is 1. The summed E-state index contributed by atoms with van der Waals surface area (Å²) in [6.45, 7) is 8.89. The van der Waals surface area contributed by atoms with Gasteiger partial charge >= 0.3 is 0 Å². The topological polar surface area (TPSA) is 72.8 Å². The molecule has 1 aliphatic heterocycles. The Morgan fingerprint density at radius 1 is 1.24 bits per heavy atom. The van der Waals surface area contributed by atoms with Crippen molar-refractivity contribution in [2.24, 2.45) is 0 Å². The first-order chi connectivity index (χ1) is 15.9. The molecule has 1 atom stereocenters. The van der Waals surface area contributed by atoms with Gasteiger partial charge < -0.3 is 19.4 Å². The molecule has 1 fully saturated rings. The second kappa shape index (κ2) is 12.1. The Hall–Kier alpha value is -2.55. The van der Waals surface area contributed by atoms with E-state index < -0.39 is 5.91 Å². The number of methoxy groups -OCH3 is 1. The van der Waals surface area contributed by atoms with Gasteiger partial charge in [-0.15, -0.1) is 0 Å². The Morgan fingerprint density at radius 2 is 2.00 bits per heavy atom. The Balaban J connectivity index is 1.93. The van der Waals surface area contributed by atoms with Gasteiger partial charge in [0.15, 0.2) is 5.43 Å². The number of hydrogen-bond acceptors (Lipinski definition) is 5. The van der Waals surface area contributed by atoms with Crippen molar-refractivity contribution in [3.05, 3.63) is 68.9 Å². The highest BCUT2D eigenvalue weighted by Gasteiger charge is 2.22. The predicted molar refractivity (Wildman–Crippen MR) is 125 cm³/mol. The minimum Gasteiger partial charge on any atom is -0.383 e. The lowest BCUT2D eigenvalue weighted by Crippen LogP contribution is -2.40. The number of amides is 1. The Morgan fingerprint density at radius 3 is 2.70 bits per heavy atom. The smallest absolute Gasteiger partial charge is 0.257 e. The van der Waals surface area contributed by atoms with Gasteiger partial charge in [0.1, 0.15) is 11.4 Å². The third-order valence-corrected chi connectivity index (χ3v) is 5.87. The first-order valence-corrected chi connectivity index (χ1v) is 11.5. The number of morpholine rings is 1. The summed E-state index contributed by atoms with van der Waals surface area (Å²) < 4.78 is 26.4. The van der Waals surface area contributed by atoms with E-state index in [9.17, 15) is 14.0 Å². The zero-order valence-electron chi connectivity index (χ0n) is 19.7. The van der Waals surface area contributed by atoms with Gasteiger partial charge in [-0.05, 0) is 38.0 Å². The lowest BCUT2D eigenvalue weighted by Gasteiger charge is -2.27. The molecular weight excluding hydrogens is 425 g/mol. The van der Waals surface area contributed by atoms with Gasteiger partial charge in [0.2, 0.25) is 0 Å². The molecule has 0 aliphatic carbocycles. The van der Waals surface area contributed by atoms with Crippen LogP contribution in [0, 0.1) is 12.7 Å². The summed E-state index contributed by atoms with van der Waals surface area (Å²) in [5.41, 5.74) is 1.88. The SMILES string of the molecule is COC[C@H](C)NC(=O)c1c(Cc2cccc(F)c2)n(CCCN2CCOCC2)c(C)cc1=O. The summed E-state index contributed by atoms with van der Waals surface area (Å²) >= 11 is 0. The highest BCUT2D eigenvalue weighted by molar-refractivity contribution is 5.95. The number of aromatic nitrogens is 1. The van der Waals surface area contributed by atoms with E-state index >= 15 is 0 Å². The quantitative estimate of drug-likeness (QED) is 0.591. The van der Waals surface area contributed by atoms with E-state index in [-0.39, 0.29) is 29.3 Å². The number of carbonyl (C=O) groups excluding carboxylic acids is 1. The van der Waals surface area contributed by atoms with Gasteiger partial charge in [-0.25, -0.2) is 4.39 Å². The summed E-state index contributed by atoms with van der Waals surface area (Å²) in [4.78, 5) is 28.5. The van der Waals surface area contributed by atoms with Gasteiger partial charge in [-0.2, -0.15) is 0 Å². The fraction of sp³-hybridized carbons (Fsp3) is 0.520.